The summed E-state index contributed by atoms with van der Waals surface area (Å²) >= 11 is 3.40. The number of benzene rings is 3. The van der Waals surface area contributed by atoms with Gasteiger partial charge >= 0.3 is 0 Å². The van der Waals surface area contributed by atoms with Crippen LogP contribution in [0.2, 0.25) is 0 Å². The highest BCUT2D eigenvalue weighted by Gasteiger charge is 2.15. The number of hydrogen-bond acceptors (Lipinski definition) is 3. The third-order valence-electron chi connectivity index (χ3n) is 4.78. The first-order valence-corrected chi connectivity index (χ1v) is 10.7. The van der Waals surface area contributed by atoms with Crippen LogP contribution in [0.4, 0.5) is 0 Å². The van der Waals surface area contributed by atoms with E-state index in [-0.39, 0.29) is 5.91 Å². The maximum absolute atomic E-state index is 12.3. The van der Waals surface area contributed by atoms with Crippen molar-refractivity contribution >= 4 is 28.1 Å². The Balaban J connectivity index is 1.47. The Kier molecular flexibility index (Phi) is 6.69. The highest BCUT2D eigenvalue weighted by molar-refractivity contribution is 9.10. The van der Waals surface area contributed by atoms with Crippen molar-refractivity contribution in [3.63, 3.8) is 0 Å². The molecule has 0 aliphatic carbocycles. The summed E-state index contributed by atoms with van der Waals surface area (Å²) in [7, 11) is 0. The van der Waals surface area contributed by atoms with Crippen LogP contribution in [-0.2, 0) is 11.3 Å². The SMILES string of the molecule is O=C(CCn1cnc(-c2ccccc2)c1-c1ccccc1)N/N=C\c1ccc(Br)cc1. The number of amides is 1. The number of aromatic nitrogens is 2. The molecule has 0 atom stereocenters. The molecule has 0 radical (unpaired) electrons. The van der Waals surface area contributed by atoms with E-state index in [4.69, 9.17) is 0 Å². The highest BCUT2D eigenvalue weighted by Crippen LogP contribution is 2.31. The zero-order valence-corrected chi connectivity index (χ0v) is 18.4. The summed E-state index contributed by atoms with van der Waals surface area (Å²) in [4.78, 5) is 17.0. The van der Waals surface area contributed by atoms with Gasteiger partial charge in [-0.3, -0.25) is 4.79 Å². The minimum atomic E-state index is -0.151. The van der Waals surface area contributed by atoms with Crippen LogP contribution in [0.1, 0.15) is 12.0 Å². The van der Waals surface area contributed by atoms with Crippen molar-refractivity contribution in [2.24, 2.45) is 5.10 Å². The Morgan fingerprint density at radius 1 is 0.935 bits per heavy atom. The van der Waals surface area contributed by atoms with E-state index in [1.807, 2.05) is 77.4 Å². The van der Waals surface area contributed by atoms with Crippen molar-refractivity contribution in [3.05, 3.63) is 101 Å². The molecule has 0 spiro atoms. The van der Waals surface area contributed by atoms with Gasteiger partial charge in [0.1, 0.15) is 0 Å². The van der Waals surface area contributed by atoms with Gasteiger partial charge in [0.05, 0.1) is 23.9 Å². The standard InChI is InChI=1S/C25H21BrN4O/c26-22-13-11-19(12-14-22)17-28-29-23(31)15-16-30-18-27-24(20-7-3-1-4-8-20)25(30)21-9-5-2-6-10-21/h1-14,17-18H,15-16H2,(H,29,31)/b28-17-. The summed E-state index contributed by atoms with van der Waals surface area (Å²) in [6.45, 7) is 0.504. The number of hydrogen-bond donors (Lipinski definition) is 1. The van der Waals surface area contributed by atoms with E-state index in [0.29, 0.717) is 13.0 Å². The molecule has 154 valence electrons. The minimum absolute atomic E-state index is 0.151. The lowest BCUT2D eigenvalue weighted by atomic mass is 10.0. The Hall–Kier alpha value is -3.51. The van der Waals surface area contributed by atoms with E-state index in [1.54, 1.807) is 12.5 Å². The van der Waals surface area contributed by atoms with Crippen LogP contribution in [0.25, 0.3) is 22.5 Å². The van der Waals surface area contributed by atoms with E-state index in [9.17, 15) is 4.79 Å². The van der Waals surface area contributed by atoms with E-state index in [1.165, 1.54) is 0 Å². The van der Waals surface area contributed by atoms with Crippen LogP contribution in [-0.4, -0.2) is 21.7 Å². The fourth-order valence-corrected chi connectivity index (χ4v) is 3.53. The highest BCUT2D eigenvalue weighted by atomic mass is 79.9. The Bertz CT molecular complexity index is 1170. The molecule has 0 unspecified atom stereocenters. The number of aryl methyl sites for hydroxylation is 1. The van der Waals surface area contributed by atoms with Gasteiger partial charge in [-0.1, -0.05) is 88.7 Å². The molecule has 4 aromatic rings. The largest absolute Gasteiger partial charge is 0.330 e. The predicted octanol–water partition coefficient (Wildman–Crippen LogP) is 5.52. The summed E-state index contributed by atoms with van der Waals surface area (Å²) in [6.07, 6.45) is 3.72. The summed E-state index contributed by atoms with van der Waals surface area (Å²) in [5.74, 6) is -0.151. The Morgan fingerprint density at radius 3 is 2.26 bits per heavy atom. The van der Waals surface area contributed by atoms with Gasteiger partial charge in [0.25, 0.3) is 0 Å². The summed E-state index contributed by atoms with van der Waals surface area (Å²) in [6, 6.07) is 27.9. The van der Waals surface area contributed by atoms with E-state index in [0.717, 1.165) is 32.6 Å². The molecule has 6 heteroatoms. The molecule has 31 heavy (non-hydrogen) atoms. The molecule has 1 amide bonds. The number of nitrogens with one attached hydrogen (secondary N) is 1. The zero-order valence-electron chi connectivity index (χ0n) is 16.8. The number of rotatable bonds is 7. The lowest BCUT2D eigenvalue weighted by molar-refractivity contribution is -0.121. The average molecular weight is 473 g/mol. The number of imidazole rings is 1. The molecule has 4 rings (SSSR count). The zero-order chi connectivity index (χ0) is 21.5. The second-order valence-electron chi connectivity index (χ2n) is 6.96. The molecule has 0 fully saturated rings. The average Bonchev–Trinajstić information content (AvgIpc) is 3.24. The number of hydrazone groups is 1. The van der Waals surface area contributed by atoms with Gasteiger partial charge in [-0.25, -0.2) is 10.4 Å². The number of halogens is 1. The second kappa shape index (κ2) is 10.00. The van der Waals surface area contributed by atoms with Crippen molar-refractivity contribution in [3.8, 4) is 22.5 Å². The van der Waals surface area contributed by atoms with Crippen molar-refractivity contribution < 1.29 is 4.79 Å². The lowest BCUT2D eigenvalue weighted by Crippen LogP contribution is -2.19. The molecular formula is C25H21BrN4O. The van der Waals surface area contributed by atoms with Crippen molar-refractivity contribution in [1.82, 2.24) is 15.0 Å². The fourth-order valence-electron chi connectivity index (χ4n) is 3.26. The molecular weight excluding hydrogens is 452 g/mol. The summed E-state index contributed by atoms with van der Waals surface area (Å²) < 4.78 is 3.02. The molecule has 1 aromatic heterocycles. The topological polar surface area (TPSA) is 59.3 Å². The van der Waals surface area contributed by atoms with Gasteiger partial charge in [0.2, 0.25) is 5.91 Å². The second-order valence-corrected chi connectivity index (χ2v) is 7.88. The first kappa shape index (κ1) is 20.8. The normalized spacial score (nSPS) is 11.0. The number of carbonyl (C=O) groups excluding carboxylic acids is 1. The van der Waals surface area contributed by atoms with Gasteiger partial charge in [0.15, 0.2) is 0 Å². The first-order valence-electron chi connectivity index (χ1n) is 9.94. The number of nitrogens with zero attached hydrogens (tertiary/aromatic N) is 3. The quantitative estimate of drug-likeness (QED) is 0.284. The van der Waals surface area contributed by atoms with Crippen LogP contribution in [0.5, 0.6) is 0 Å². The van der Waals surface area contributed by atoms with E-state index in [2.05, 4.69) is 43.6 Å². The fraction of sp³-hybridized carbons (Fsp3) is 0.0800. The van der Waals surface area contributed by atoms with Gasteiger partial charge in [0, 0.05) is 28.6 Å². The van der Waals surface area contributed by atoms with Gasteiger partial charge in [-0.2, -0.15) is 5.10 Å². The van der Waals surface area contributed by atoms with E-state index < -0.39 is 0 Å². The molecule has 0 bridgehead atoms. The maximum Gasteiger partial charge on any atom is 0.241 e. The van der Waals surface area contributed by atoms with Crippen molar-refractivity contribution in [1.29, 1.82) is 0 Å². The minimum Gasteiger partial charge on any atom is -0.330 e. The van der Waals surface area contributed by atoms with E-state index >= 15 is 0 Å². The molecule has 0 aliphatic rings. The molecule has 0 saturated heterocycles. The van der Waals surface area contributed by atoms with Gasteiger partial charge < -0.3 is 4.57 Å². The van der Waals surface area contributed by atoms with Crippen LogP contribution in [0.3, 0.4) is 0 Å². The van der Waals surface area contributed by atoms with Crippen LogP contribution < -0.4 is 5.43 Å². The van der Waals surface area contributed by atoms with Crippen molar-refractivity contribution in [2.75, 3.05) is 0 Å². The molecule has 0 aliphatic heterocycles. The third kappa shape index (κ3) is 5.35. The van der Waals surface area contributed by atoms with Crippen LogP contribution in [0.15, 0.2) is 101 Å². The molecule has 0 saturated carbocycles. The van der Waals surface area contributed by atoms with Gasteiger partial charge in [-0.05, 0) is 17.7 Å². The first-order chi connectivity index (χ1) is 15.2. The summed E-state index contributed by atoms with van der Waals surface area (Å²) in [5.41, 5.74) is 7.52. The van der Waals surface area contributed by atoms with Crippen LogP contribution in [0, 0.1) is 0 Å². The molecule has 1 N–H and O–H groups in total. The number of carbonyl (C=O) groups is 1. The molecule has 1 heterocycles. The smallest absolute Gasteiger partial charge is 0.241 e. The van der Waals surface area contributed by atoms with Crippen LogP contribution >= 0.6 is 15.9 Å². The lowest BCUT2D eigenvalue weighted by Gasteiger charge is -2.10. The summed E-state index contributed by atoms with van der Waals surface area (Å²) in [5, 5.41) is 4.05. The van der Waals surface area contributed by atoms with Crippen molar-refractivity contribution in [2.45, 2.75) is 13.0 Å². The Morgan fingerprint density at radius 2 is 1.58 bits per heavy atom. The molecule has 5 nitrogen and oxygen atoms in total. The third-order valence-corrected chi connectivity index (χ3v) is 5.31. The van der Waals surface area contributed by atoms with Gasteiger partial charge in [-0.15, -0.1) is 0 Å². The monoisotopic (exact) mass is 472 g/mol. The molecule has 3 aromatic carbocycles. The predicted molar refractivity (Wildman–Crippen MR) is 128 cm³/mol. The Labute approximate surface area is 189 Å². The maximum atomic E-state index is 12.3.